The molecule has 1 N–H and O–H groups in total. The summed E-state index contributed by atoms with van der Waals surface area (Å²) in [5.41, 5.74) is 3.46. The van der Waals surface area contributed by atoms with Crippen LogP contribution in [0.1, 0.15) is 36.5 Å². The topological polar surface area (TPSA) is 68.0 Å². The van der Waals surface area contributed by atoms with Gasteiger partial charge in [-0.3, -0.25) is 9.78 Å². The van der Waals surface area contributed by atoms with Gasteiger partial charge in [0.25, 0.3) is 0 Å². The van der Waals surface area contributed by atoms with E-state index < -0.39 is 0 Å². The van der Waals surface area contributed by atoms with Gasteiger partial charge in [-0.2, -0.15) is 0 Å². The second-order valence-electron chi connectivity index (χ2n) is 5.54. The molecule has 0 bridgehead atoms. The molecule has 0 spiro atoms. The molecule has 0 aliphatic carbocycles. The fraction of sp³-hybridized carbons (Fsp3) is 0.278. The van der Waals surface area contributed by atoms with Crippen LogP contribution < -0.4 is 5.32 Å². The van der Waals surface area contributed by atoms with E-state index in [1.54, 1.807) is 6.20 Å². The molecule has 0 saturated carbocycles. The van der Waals surface area contributed by atoms with Gasteiger partial charge in [0.2, 0.25) is 11.8 Å². The summed E-state index contributed by atoms with van der Waals surface area (Å²) in [5, 5.41) is 3.00. The van der Waals surface area contributed by atoms with Crippen molar-refractivity contribution in [3.63, 3.8) is 0 Å². The lowest BCUT2D eigenvalue weighted by molar-refractivity contribution is -0.121. The maximum absolute atomic E-state index is 12.3. The Morgan fingerprint density at radius 2 is 2.13 bits per heavy atom. The first-order chi connectivity index (χ1) is 11.2. The van der Waals surface area contributed by atoms with Crippen LogP contribution in [0, 0.1) is 6.92 Å². The zero-order chi connectivity index (χ0) is 16.2. The van der Waals surface area contributed by atoms with E-state index in [4.69, 9.17) is 4.42 Å². The lowest BCUT2D eigenvalue weighted by atomic mass is 10.1. The molecule has 1 amide bonds. The molecular formula is C18H19N3O2. The highest BCUT2D eigenvalue weighted by Gasteiger charge is 2.16. The van der Waals surface area contributed by atoms with Crippen LogP contribution >= 0.6 is 0 Å². The molecule has 0 aliphatic rings. The molecule has 3 rings (SSSR count). The van der Waals surface area contributed by atoms with Gasteiger partial charge in [0.05, 0.1) is 11.7 Å². The molecule has 0 saturated heterocycles. The number of hydrogen-bond donors (Lipinski definition) is 1. The number of hydrogen-bond acceptors (Lipinski definition) is 4. The van der Waals surface area contributed by atoms with E-state index in [0.717, 1.165) is 23.2 Å². The van der Waals surface area contributed by atoms with Crippen LogP contribution in [-0.2, 0) is 11.2 Å². The van der Waals surface area contributed by atoms with Crippen molar-refractivity contribution in [1.82, 2.24) is 15.3 Å². The van der Waals surface area contributed by atoms with Crippen LogP contribution in [-0.4, -0.2) is 15.9 Å². The number of carbonyl (C=O) groups is 1. The minimum atomic E-state index is -0.119. The van der Waals surface area contributed by atoms with Gasteiger partial charge >= 0.3 is 0 Å². The Bertz CT molecular complexity index is 793. The third-order valence-corrected chi connectivity index (χ3v) is 3.69. The van der Waals surface area contributed by atoms with Crippen LogP contribution in [0.3, 0.4) is 0 Å². The average molecular weight is 309 g/mol. The van der Waals surface area contributed by atoms with E-state index in [1.165, 1.54) is 0 Å². The van der Waals surface area contributed by atoms with Crippen LogP contribution in [0.4, 0.5) is 0 Å². The van der Waals surface area contributed by atoms with Crippen LogP contribution in [0.2, 0.25) is 0 Å². The number of benzene rings is 1. The fourth-order valence-electron chi connectivity index (χ4n) is 2.51. The zero-order valence-corrected chi connectivity index (χ0v) is 13.2. The second kappa shape index (κ2) is 6.60. The van der Waals surface area contributed by atoms with Crippen molar-refractivity contribution < 1.29 is 9.21 Å². The molecule has 1 atom stereocenters. The number of fused-ring (bicyclic) bond motifs is 1. The van der Waals surface area contributed by atoms with Crippen molar-refractivity contribution in [2.75, 3.05) is 0 Å². The smallest absolute Gasteiger partial charge is 0.229 e. The van der Waals surface area contributed by atoms with E-state index in [2.05, 4.69) is 15.3 Å². The number of nitrogens with zero attached hydrogens (tertiary/aromatic N) is 2. The maximum Gasteiger partial charge on any atom is 0.229 e. The van der Waals surface area contributed by atoms with E-state index in [-0.39, 0.29) is 18.4 Å². The highest BCUT2D eigenvalue weighted by atomic mass is 16.3. The number of para-hydroxylation sites is 2. The monoisotopic (exact) mass is 309 g/mol. The summed E-state index contributed by atoms with van der Waals surface area (Å²) in [5.74, 6) is 0.308. The molecule has 5 nitrogen and oxygen atoms in total. The number of pyridine rings is 1. The molecule has 0 aliphatic heterocycles. The van der Waals surface area contributed by atoms with Crippen molar-refractivity contribution in [1.29, 1.82) is 0 Å². The van der Waals surface area contributed by atoms with Gasteiger partial charge in [-0.15, -0.1) is 0 Å². The summed E-state index contributed by atoms with van der Waals surface area (Å²) in [6.45, 7) is 4.03. The number of amides is 1. The molecule has 2 aromatic heterocycles. The Morgan fingerprint density at radius 3 is 2.87 bits per heavy atom. The van der Waals surface area contributed by atoms with Gasteiger partial charge in [-0.25, -0.2) is 4.98 Å². The summed E-state index contributed by atoms with van der Waals surface area (Å²) in [7, 11) is 0. The fourth-order valence-corrected chi connectivity index (χ4v) is 2.51. The molecule has 23 heavy (non-hydrogen) atoms. The first-order valence-electron chi connectivity index (χ1n) is 7.72. The predicted molar refractivity (Wildman–Crippen MR) is 87.9 cm³/mol. The van der Waals surface area contributed by atoms with Gasteiger partial charge in [0, 0.05) is 6.20 Å². The summed E-state index contributed by atoms with van der Waals surface area (Å²) >= 11 is 0. The molecule has 118 valence electrons. The maximum atomic E-state index is 12.3. The van der Waals surface area contributed by atoms with E-state index in [9.17, 15) is 4.79 Å². The lowest BCUT2D eigenvalue weighted by Gasteiger charge is -2.16. The molecular weight excluding hydrogens is 290 g/mol. The lowest BCUT2D eigenvalue weighted by Crippen LogP contribution is -2.30. The molecule has 1 aromatic carbocycles. The second-order valence-corrected chi connectivity index (χ2v) is 5.54. The normalized spacial score (nSPS) is 12.3. The highest BCUT2D eigenvalue weighted by Crippen LogP contribution is 2.17. The minimum absolute atomic E-state index is 0.105. The van der Waals surface area contributed by atoms with E-state index >= 15 is 0 Å². The summed E-state index contributed by atoms with van der Waals surface area (Å²) in [4.78, 5) is 21.0. The SMILES string of the molecule is CC[C@H](NC(=O)Cc1nc2ccccc2o1)c1cc(C)ccn1. The predicted octanol–water partition coefficient (Wildman–Crippen LogP) is 3.34. The van der Waals surface area contributed by atoms with Crippen molar-refractivity contribution in [3.05, 3.63) is 59.7 Å². The van der Waals surface area contributed by atoms with Gasteiger partial charge in [-0.05, 0) is 43.2 Å². The zero-order valence-electron chi connectivity index (χ0n) is 13.2. The minimum Gasteiger partial charge on any atom is -0.440 e. The Labute approximate surface area is 134 Å². The first-order valence-corrected chi connectivity index (χ1v) is 7.72. The van der Waals surface area contributed by atoms with Crippen molar-refractivity contribution in [3.8, 4) is 0 Å². The summed E-state index contributed by atoms with van der Waals surface area (Å²) in [6.07, 6.45) is 2.66. The molecule has 0 radical (unpaired) electrons. The standard InChI is InChI=1S/C18H19N3O2/c1-3-13(15-10-12(2)8-9-19-15)20-17(22)11-18-21-14-6-4-5-7-16(14)23-18/h4-10,13H,3,11H2,1-2H3,(H,20,22)/t13-/m0/s1. The van der Waals surface area contributed by atoms with Crippen molar-refractivity contribution >= 4 is 17.0 Å². The Hall–Kier alpha value is -2.69. The molecule has 0 fully saturated rings. The number of nitrogens with one attached hydrogen (secondary N) is 1. The Balaban J connectivity index is 1.70. The van der Waals surface area contributed by atoms with E-state index in [0.29, 0.717) is 11.5 Å². The number of oxazole rings is 1. The van der Waals surface area contributed by atoms with Crippen LogP contribution in [0.15, 0.2) is 47.0 Å². The third kappa shape index (κ3) is 3.56. The summed E-state index contributed by atoms with van der Waals surface area (Å²) < 4.78 is 5.59. The number of aromatic nitrogens is 2. The molecule has 3 aromatic rings. The molecule has 2 heterocycles. The highest BCUT2D eigenvalue weighted by molar-refractivity contribution is 5.79. The average Bonchev–Trinajstić information content (AvgIpc) is 2.94. The largest absolute Gasteiger partial charge is 0.440 e. The van der Waals surface area contributed by atoms with Gasteiger partial charge < -0.3 is 9.73 Å². The van der Waals surface area contributed by atoms with Gasteiger partial charge in [0.15, 0.2) is 5.58 Å². The third-order valence-electron chi connectivity index (χ3n) is 3.69. The van der Waals surface area contributed by atoms with E-state index in [1.807, 2.05) is 50.2 Å². The van der Waals surface area contributed by atoms with Crippen molar-refractivity contribution in [2.45, 2.75) is 32.7 Å². The van der Waals surface area contributed by atoms with Crippen LogP contribution in [0.5, 0.6) is 0 Å². The number of rotatable bonds is 5. The molecule has 0 unspecified atom stereocenters. The number of carbonyl (C=O) groups excluding carboxylic acids is 1. The quantitative estimate of drug-likeness (QED) is 0.785. The first kappa shape index (κ1) is 15.2. The van der Waals surface area contributed by atoms with Crippen LogP contribution in [0.25, 0.3) is 11.1 Å². The Kier molecular flexibility index (Phi) is 4.37. The number of aryl methyl sites for hydroxylation is 1. The molecule has 5 heteroatoms. The summed E-state index contributed by atoms with van der Waals surface area (Å²) in [6, 6.07) is 11.3. The van der Waals surface area contributed by atoms with Crippen molar-refractivity contribution in [2.24, 2.45) is 0 Å². The van der Waals surface area contributed by atoms with Gasteiger partial charge in [0.1, 0.15) is 11.9 Å². The Morgan fingerprint density at radius 1 is 1.30 bits per heavy atom. The van der Waals surface area contributed by atoms with Gasteiger partial charge in [-0.1, -0.05) is 19.1 Å².